The predicted octanol–water partition coefficient (Wildman–Crippen LogP) is 2.79. The van der Waals surface area contributed by atoms with E-state index in [-0.39, 0.29) is 18.7 Å². The van der Waals surface area contributed by atoms with E-state index < -0.39 is 12.2 Å². The van der Waals surface area contributed by atoms with Gasteiger partial charge in [-0.25, -0.2) is 14.6 Å². The van der Waals surface area contributed by atoms with Crippen LogP contribution in [-0.2, 0) is 11.8 Å². The van der Waals surface area contributed by atoms with Gasteiger partial charge in [0.25, 0.3) is 0 Å². The molecule has 28 heavy (non-hydrogen) atoms. The minimum Gasteiger partial charge on any atom is -0.386 e. The molecule has 0 aromatic carbocycles. The molecule has 1 fully saturated rings. The van der Waals surface area contributed by atoms with Crippen molar-refractivity contribution < 1.29 is 18.6 Å². The summed E-state index contributed by atoms with van der Waals surface area (Å²) in [6.45, 7) is 0.175. The van der Waals surface area contributed by atoms with Crippen molar-refractivity contribution in [1.29, 1.82) is 0 Å². The zero-order valence-electron chi connectivity index (χ0n) is 15.5. The average molecular weight is 477 g/mol. The van der Waals surface area contributed by atoms with Crippen molar-refractivity contribution in [2.24, 2.45) is 7.05 Å². The maximum absolute atomic E-state index is 13.7. The van der Waals surface area contributed by atoms with Gasteiger partial charge in [-0.15, -0.1) is 0 Å². The summed E-state index contributed by atoms with van der Waals surface area (Å²) >= 11 is 4.65. The second-order valence-electron chi connectivity index (χ2n) is 6.97. The molecule has 0 saturated carbocycles. The maximum Gasteiger partial charge on any atom is 0.333 e. The van der Waals surface area contributed by atoms with Crippen molar-refractivity contribution in [2.45, 2.75) is 24.2 Å². The van der Waals surface area contributed by atoms with E-state index >= 15 is 0 Å². The van der Waals surface area contributed by atoms with Crippen molar-refractivity contribution in [3.05, 3.63) is 4.60 Å². The molecule has 0 aliphatic carbocycles. The molecule has 12 heteroatoms. The van der Waals surface area contributed by atoms with Crippen molar-refractivity contribution in [3.8, 4) is 0 Å². The van der Waals surface area contributed by atoms with E-state index in [1.807, 2.05) is 11.2 Å². The Labute approximate surface area is 172 Å². The van der Waals surface area contributed by atoms with Crippen LogP contribution < -0.4 is 4.90 Å². The van der Waals surface area contributed by atoms with E-state index in [1.54, 1.807) is 18.5 Å². The minimum absolute atomic E-state index is 0.192. The molecule has 0 unspecified atom stereocenters. The van der Waals surface area contributed by atoms with Gasteiger partial charge in [0.05, 0.1) is 25.1 Å². The third-order valence-corrected chi connectivity index (χ3v) is 5.78. The van der Waals surface area contributed by atoms with Gasteiger partial charge in [0.15, 0.2) is 9.76 Å². The number of aliphatic hydroxyl groups is 1. The predicted molar refractivity (Wildman–Crippen MR) is 106 cm³/mol. The summed E-state index contributed by atoms with van der Waals surface area (Å²) < 4.78 is 35.6. The summed E-state index contributed by atoms with van der Waals surface area (Å²) in [6.07, 6.45) is 1.85. The molecule has 3 aromatic rings. The van der Waals surface area contributed by atoms with E-state index in [9.17, 15) is 13.9 Å². The SMILES string of the molecule is CSc1nc(N2CCOC[C@@](C)(O)C2)c2c3c(c(Br)nn3C(F)F)n(C)c2n1. The van der Waals surface area contributed by atoms with Crippen molar-refractivity contribution in [2.75, 3.05) is 37.5 Å². The molecule has 4 rings (SSSR count). The van der Waals surface area contributed by atoms with Crippen molar-refractivity contribution in [3.63, 3.8) is 0 Å². The van der Waals surface area contributed by atoms with Gasteiger partial charge in [-0.1, -0.05) is 11.8 Å². The first-order valence-corrected chi connectivity index (χ1v) is 10.6. The fourth-order valence-corrected chi connectivity index (χ4v) is 4.53. The monoisotopic (exact) mass is 476 g/mol. The van der Waals surface area contributed by atoms with Crippen molar-refractivity contribution in [1.82, 2.24) is 24.3 Å². The molecule has 1 saturated heterocycles. The summed E-state index contributed by atoms with van der Waals surface area (Å²) in [4.78, 5) is 11.0. The Morgan fingerprint density at radius 3 is 2.75 bits per heavy atom. The van der Waals surface area contributed by atoms with E-state index in [0.29, 0.717) is 50.0 Å². The zero-order chi connectivity index (χ0) is 20.2. The number of nitrogens with zero attached hydrogens (tertiary/aromatic N) is 6. The van der Waals surface area contributed by atoms with Crippen LogP contribution in [0.1, 0.15) is 13.5 Å². The quantitative estimate of drug-likeness (QED) is 0.459. The van der Waals surface area contributed by atoms with Crippen LogP contribution in [0.3, 0.4) is 0 Å². The van der Waals surface area contributed by atoms with E-state index in [2.05, 4.69) is 31.0 Å². The van der Waals surface area contributed by atoms with Gasteiger partial charge in [0.2, 0.25) is 0 Å². The lowest BCUT2D eigenvalue weighted by Crippen LogP contribution is -2.42. The molecular weight excluding hydrogens is 458 g/mol. The fraction of sp³-hybridized carbons (Fsp3) is 0.562. The van der Waals surface area contributed by atoms with Crippen LogP contribution in [0.5, 0.6) is 0 Å². The molecule has 0 spiro atoms. The number of alkyl halides is 2. The van der Waals surface area contributed by atoms with E-state index in [1.165, 1.54) is 11.8 Å². The van der Waals surface area contributed by atoms with Gasteiger partial charge in [0.1, 0.15) is 28.1 Å². The molecule has 0 bridgehead atoms. The Kier molecular flexibility index (Phi) is 5.01. The van der Waals surface area contributed by atoms with Crippen LogP contribution in [0.2, 0.25) is 0 Å². The molecule has 1 N–H and O–H groups in total. The number of aromatic nitrogens is 5. The number of hydrogen-bond acceptors (Lipinski definition) is 7. The number of anilines is 1. The Morgan fingerprint density at radius 2 is 2.07 bits per heavy atom. The minimum atomic E-state index is -2.82. The maximum atomic E-state index is 13.7. The van der Waals surface area contributed by atoms with E-state index in [0.717, 1.165) is 0 Å². The normalized spacial score (nSPS) is 21.2. The molecule has 8 nitrogen and oxygen atoms in total. The number of halogens is 3. The lowest BCUT2D eigenvalue weighted by atomic mass is 10.1. The van der Waals surface area contributed by atoms with Gasteiger partial charge in [0, 0.05) is 13.6 Å². The van der Waals surface area contributed by atoms with Gasteiger partial charge < -0.3 is 19.3 Å². The van der Waals surface area contributed by atoms with Gasteiger partial charge >= 0.3 is 6.55 Å². The molecule has 1 atom stereocenters. The fourth-order valence-electron chi connectivity index (χ4n) is 3.55. The highest BCUT2D eigenvalue weighted by Crippen LogP contribution is 2.39. The van der Waals surface area contributed by atoms with Crippen LogP contribution in [-0.4, -0.2) is 67.6 Å². The first-order chi connectivity index (χ1) is 13.2. The largest absolute Gasteiger partial charge is 0.386 e. The average Bonchev–Trinajstić information content (AvgIpc) is 3.05. The molecule has 1 aliphatic heterocycles. The number of aryl methyl sites for hydroxylation is 1. The first kappa shape index (κ1) is 19.8. The number of ether oxygens (including phenoxy) is 1. The topological polar surface area (TPSA) is 81.2 Å². The summed E-state index contributed by atoms with van der Waals surface area (Å²) in [7, 11) is 1.76. The van der Waals surface area contributed by atoms with Crippen LogP contribution >= 0.6 is 27.7 Å². The molecule has 0 amide bonds. The van der Waals surface area contributed by atoms with Crippen LogP contribution in [0.25, 0.3) is 22.1 Å². The summed E-state index contributed by atoms with van der Waals surface area (Å²) in [5.74, 6) is 0.486. The first-order valence-electron chi connectivity index (χ1n) is 8.55. The second kappa shape index (κ2) is 7.08. The summed E-state index contributed by atoms with van der Waals surface area (Å²) in [6, 6.07) is 0. The highest BCUT2D eigenvalue weighted by Gasteiger charge is 2.32. The van der Waals surface area contributed by atoms with Crippen molar-refractivity contribution >= 4 is 55.6 Å². The molecule has 3 aromatic heterocycles. The standard InChI is InChI=1S/C16H19BrF2N6O2S/c1-16(26)6-24(4-5-27-7-16)13-8-9-10(11(17)22-25(9)14(18)19)23(2)12(8)20-15(21-13)28-3/h14,26H,4-7H2,1-3H3/t16-/m0/s1. The Hall–Kier alpha value is -1.50. The Morgan fingerprint density at radius 1 is 1.32 bits per heavy atom. The Bertz CT molecular complexity index is 1050. The number of rotatable bonds is 3. The number of β-amino-alcohol motifs (C(OH)–C–C–N with tert-alkyl or cyclic N) is 1. The molecular formula is C16H19BrF2N6O2S. The molecule has 1 aliphatic rings. The lowest BCUT2D eigenvalue weighted by molar-refractivity contribution is -0.0123. The summed E-state index contributed by atoms with van der Waals surface area (Å²) in [5, 5.41) is 15.5. The highest BCUT2D eigenvalue weighted by molar-refractivity contribution is 9.10. The number of fused-ring (bicyclic) bond motifs is 3. The molecule has 0 radical (unpaired) electrons. The third kappa shape index (κ3) is 3.15. The molecule has 152 valence electrons. The zero-order valence-corrected chi connectivity index (χ0v) is 17.9. The van der Waals surface area contributed by atoms with Crippen LogP contribution in [0, 0.1) is 0 Å². The third-order valence-electron chi connectivity index (χ3n) is 4.70. The van der Waals surface area contributed by atoms with Gasteiger partial charge in [-0.3, -0.25) is 0 Å². The Balaban J connectivity index is 2.07. The smallest absolute Gasteiger partial charge is 0.333 e. The van der Waals surface area contributed by atoms with Crippen LogP contribution in [0.4, 0.5) is 14.6 Å². The molecule has 4 heterocycles. The number of thioether (sulfide) groups is 1. The second-order valence-corrected chi connectivity index (χ2v) is 8.50. The van der Waals surface area contributed by atoms with Gasteiger partial charge in [-0.2, -0.15) is 13.9 Å². The number of hydrogen-bond donors (Lipinski definition) is 1. The summed E-state index contributed by atoms with van der Waals surface area (Å²) in [5.41, 5.74) is 0.209. The van der Waals surface area contributed by atoms with E-state index in [4.69, 9.17) is 4.74 Å². The highest BCUT2D eigenvalue weighted by atomic mass is 79.9. The van der Waals surface area contributed by atoms with Crippen LogP contribution in [0.15, 0.2) is 9.76 Å². The van der Waals surface area contributed by atoms with Gasteiger partial charge in [-0.05, 0) is 29.1 Å². The lowest BCUT2D eigenvalue weighted by Gasteiger charge is -2.28.